The summed E-state index contributed by atoms with van der Waals surface area (Å²) in [6, 6.07) is 20.1. The summed E-state index contributed by atoms with van der Waals surface area (Å²) < 4.78 is 4.89. The number of hydrogen-bond acceptors (Lipinski definition) is 4. The average Bonchev–Trinajstić information content (AvgIpc) is 2.71. The minimum absolute atomic E-state index is 0.0792. The van der Waals surface area contributed by atoms with E-state index < -0.39 is 5.91 Å². The van der Waals surface area contributed by atoms with Crippen LogP contribution in [0.2, 0.25) is 0 Å². The zero-order valence-electron chi connectivity index (χ0n) is 15.8. The number of benzene rings is 2. The van der Waals surface area contributed by atoms with E-state index in [2.05, 4.69) is 29.3 Å². The Balaban J connectivity index is 2.08. The molecular weight excluding hydrogens is 338 g/mol. The molecule has 0 unspecified atom stereocenters. The summed E-state index contributed by atoms with van der Waals surface area (Å²) in [7, 11) is 1.56. The fourth-order valence-corrected chi connectivity index (χ4v) is 2.65. The minimum Gasteiger partial charge on any atom is -0.383 e. The number of nitriles is 1. The van der Waals surface area contributed by atoms with Crippen molar-refractivity contribution < 1.29 is 9.53 Å². The minimum atomic E-state index is -0.391. The maximum absolute atomic E-state index is 12.0. The van der Waals surface area contributed by atoms with Crippen LogP contribution < -0.4 is 10.2 Å². The van der Waals surface area contributed by atoms with Gasteiger partial charge in [-0.2, -0.15) is 5.26 Å². The molecule has 0 heterocycles. The third-order valence-electron chi connectivity index (χ3n) is 4.12. The van der Waals surface area contributed by atoms with Gasteiger partial charge in [-0.3, -0.25) is 4.79 Å². The molecule has 0 aliphatic carbocycles. The van der Waals surface area contributed by atoms with Gasteiger partial charge >= 0.3 is 0 Å². The van der Waals surface area contributed by atoms with E-state index in [1.807, 2.05) is 48.5 Å². The van der Waals surface area contributed by atoms with Gasteiger partial charge < -0.3 is 15.0 Å². The predicted molar refractivity (Wildman–Crippen MR) is 108 cm³/mol. The van der Waals surface area contributed by atoms with Gasteiger partial charge in [-0.15, -0.1) is 0 Å². The van der Waals surface area contributed by atoms with Crippen molar-refractivity contribution in [1.29, 1.82) is 5.26 Å². The highest BCUT2D eigenvalue weighted by atomic mass is 16.5. The molecule has 1 amide bonds. The van der Waals surface area contributed by atoms with Crippen LogP contribution in [-0.4, -0.2) is 32.7 Å². The van der Waals surface area contributed by atoms with Gasteiger partial charge in [0.1, 0.15) is 11.6 Å². The summed E-state index contributed by atoms with van der Waals surface area (Å²) in [6.07, 6.45) is 1.60. The van der Waals surface area contributed by atoms with Crippen LogP contribution in [0.1, 0.15) is 18.1 Å². The number of carbonyl (C=O) groups excluding carboxylic acids is 1. The van der Waals surface area contributed by atoms with Crippen LogP contribution in [-0.2, 0) is 16.1 Å². The molecule has 0 saturated carbocycles. The number of hydrogen-bond donors (Lipinski definition) is 1. The standard InChI is InChI=1S/C22H25N3O2/c1-3-25(17-19-7-5-4-6-8-19)21-11-9-18(10-12-21)15-20(16-23)22(26)24-13-14-27-2/h4-12,15H,3,13-14,17H2,1-2H3,(H,24,26)/b20-15-. The molecule has 5 heteroatoms. The molecule has 0 aliphatic heterocycles. The fraction of sp³-hybridized carbons (Fsp3) is 0.273. The van der Waals surface area contributed by atoms with Crippen molar-refractivity contribution >= 4 is 17.7 Å². The summed E-state index contributed by atoms with van der Waals surface area (Å²) in [6.45, 7) is 4.62. The van der Waals surface area contributed by atoms with E-state index in [1.54, 1.807) is 13.2 Å². The smallest absolute Gasteiger partial charge is 0.262 e. The lowest BCUT2D eigenvalue weighted by Gasteiger charge is -2.23. The Kier molecular flexibility index (Phi) is 8.08. The summed E-state index contributed by atoms with van der Waals surface area (Å²) in [5, 5.41) is 11.9. The molecule has 0 atom stereocenters. The number of rotatable bonds is 9. The first-order valence-corrected chi connectivity index (χ1v) is 8.95. The Hall–Kier alpha value is -3.10. The van der Waals surface area contributed by atoms with Gasteiger partial charge in [-0.25, -0.2) is 0 Å². The molecule has 0 spiro atoms. The van der Waals surface area contributed by atoms with E-state index in [9.17, 15) is 10.1 Å². The molecule has 0 saturated heterocycles. The normalized spacial score (nSPS) is 10.9. The molecule has 0 fully saturated rings. The third kappa shape index (κ3) is 6.28. The molecule has 0 aliphatic rings. The van der Waals surface area contributed by atoms with Gasteiger partial charge in [0.05, 0.1) is 6.61 Å². The Morgan fingerprint density at radius 2 is 1.89 bits per heavy atom. The molecule has 5 nitrogen and oxygen atoms in total. The number of nitrogens with zero attached hydrogens (tertiary/aromatic N) is 2. The molecule has 0 radical (unpaired) electrons. The maximum Gasteiger partial charge on any atom is 0.262 e. The van der Waals surface area contributed by atoms with Gasteiger partial charge in [0, 0.05) is 32.4 Å². The van der Waals surface area contributed by atoms with Crippen LogP contribution in [0, 0.1) is 11.3 Å². The largest absolute Gasteiger partial charge is 0.383 e. The second kappa shape index (κ2) is 10.8. The van der Waals surface area contributed by atoms with Gasteiger partial charge in [0.15, 0.2) is 0 Å². The number of anilines is 1. The number of carbonyl (C=O) groups is 1. The lowest BCUT2D eigenvalue weighted by atomic mass is 10.1. The summed E-state index contributed by atoms with van der Waals surface area (Å²) in [5.74, 6) is -0.391. The lowest BCUT2D eigenvalue weighted by Crippen LogP contribution is -2.27. The van der Waals surface area contributed by atoms with E-state index in [0.717, 1.165) is 24.3 Å². The monoisotopic (exact) mass is 363 g/mol. The highest BCUT2D eigenvalue weighted by molar-refractivity contribution is 6.01. The second-order valence-electron chi connectivity index (χ2n) is 6.01. The molecule has 0 bridgehead atoms. The van der Waals surface area contributed by atoms with E-state index in [-0.39, 0.29) is 5.57 Å². The summed E-state index contributed by atoms with van der Waals surface area (Å²) in [4.78, 5) is 14.3. The van der Waals surface area contributed by atoms with Gasteiger partial charge in [-0.05, 0) is 36.3 Å². The van der Waals surface area contributed by atoms with Crippen LogP contribution in [0.25, 0.3) is 6.08 Å². The van der Waals surface area contributed by atoms with Crippen molar-refractivity contribution in [3.05, 3.63) is 71.3 Å². The lowest BCUT2D eigenvalue weighted by molar-refractivity contribution is -0.117. The number of ether oxygens (including phenoxy) is 1. The van der Waals surface area contributed by atoms with Crippen LogP contribution >= 0.6 is 0 Å². The zero-order valence-corrected chi connectivity index (χ0v) is 15.8. The molecular formula is C22H25N3O2. The first-order chi connectivity index (χ1) is 13.2. The van der Waals surface area contributed by atoms with Crippen LogP contribution in [0.15, 0.2) is 60.2 Å². The van der Waals surface area contributed by atoms with Crippen molar-refractivity contribution in [2.45, 2.75) is 13.5 Å². The topological polar surface area (TPSA) is 65.4 Å². The van der Waals surface area contributed by atoms with Crippen molar-refractivity contribution in [3.8, 4) is 6.07 Å². The predicted octanol–water partition coefficient (Wildman–Crippen LogP) is 3.38. The first kappa shape index (κ1) is 20.2. The second-order valence-corrected chi connectivity index (χ2v) is 6.01. The van der Waals surface area contributed by atoms with Gasteiger partial charge in [0.25, 0.3) is 5.91 Å². The SMILES string of the molecule is CCN(Cc1ccccc1)c1ccc(/C=C(/C#N)C(=O)NCCOC)cc1. The summed E-state index contributed by atoms with van der Waals surface area (Å²) in [5.41, 5.74) is 3.24. The highest BCUT2D eigenvalue weighted by Crippen LogP contribution is 2.19. The molecule has 140 valence electrons. The highest BCUT2D eigenvalue weighted by Gasteiger charge is 2.09. The maximum atomic E-state index is 12.0. The van der Waals surface area contributed by atoms with Crippen molar-refractivity contribution in [1.82, 2.24) is 5.32 Å². The Labute approximate surface area is 160 Å². The van der Waals surface area contributed by atoms with E-state index in [1.165, 1.54) is 5.56 Å². The van der Waals surface area contributed by atoms with Crippen molar-refractivity contribution in [3.63, 3.8) is 0 Å². The van der Waals surface area contributed by atoms with Gasteiger partial charge in [-0.1, -0.05) is 42.5 Å². The van der Waals surface area contributed by atoms with Crippen molar-refractivity contribution in [2.24, 2.45) is 0 Å². The third-order valence-corrected chi connectivity index (χ3v) is 4.12. The number of amides is 1. The van der Waals surface area contributed by atoms with E-state index in [4.69, 9.17) is 4.74 Å². The van der Waals surface area contributed by atoms with Gasteiger partial charge in [0.2, 0.25) is 0 Å². The first-order valence-electron chi connectivity index (χ1n) is 8.95. The molecule has 2 rings (SSSR count). The number of nitrogens with one attached hydrogen (secondary N) is 1. The van der Waals surface area contributed by atoms with E-state index >= 15 is 0 Å². The molecule has 2 aromatic rings. The Morgan fingerprint density at radius 1 is 1.19 bits per heavy atom. The zero-order chi connectivity index (χ0) is 19.5. The summed E-state index contributed by atoms with van der Waals surface area (Å²) >= 11 is 0. The molecule has 1 N–H and O–H groups in total. The average molecular weight is 363 g/mol. The Bertz CT molecular complexity index is 793. The fourth-order valence-electron chi connectivity index (χ4n) is 2.65. The number of methoxy groups -OCH3 is 1. The van der Waals surface area contributed by atoms with Crippen LogP contribution in [0.4, 0.5) is 5.69 Å². The molecule has 27 heavy (non-hydrogen) atoms. The van der Waals surface area contributed by atoms with Crippen molar-refractivity contribution in [2.75, 3.05) is 31.7 Å². The molecule has 0 aromatic heterocycles. The van der Waals surface area contributed by atoms with Crippen LogP contribution in [0.3, 0.4) is 0 Å². The van der Waals surface area contributed by atoms with Crippen LogP contribution in [0.5, 0.6) is 0 Å². The molecule has 2 aromatic carbocycles. The van der Waals surface area contributed by atoms with E-state index in [0.29, 0.717) is 13.2 Å². The Morgan fingerprint density at radius 3 is 2.48 bits per heavy atom. The quantitative estimate of drug-likeness (QED) is 0.421.